The Morgan fingerprint density at radius 2 is 2.29 bits per heavy atom. The van der Waals surface area contributed by atoms with Gasteiger partial charge in [-0.3, -0.25) is 0 Å². The second kappa shape index (κ2) is 5.12. The Hall–Kier alpha value is -0.320. The number of aromatic nitrogens is 1. The molecule has 1 aromatic rings. The molecule has 3 rings (SSSR count). The lowest BCUT2D eigenvalue weighted by atomic mass is 10.0. The Morgan fingerprint density at radius 3 is 2.88 bits per heavy atom. The van der Waals surface area contributed by atoms with Gasteiger partial charge >= 0.3 is 0 Å². The summed E-state index contributed by atoms with van der Waals surface area (Å²) in [5.74, 6) is 0. The highest BCUT2D eigenvalue weighted by Crippen LogP contribution is 2.34. The molecule has 2 aliphatic rings. The van der Waals surface area contributed by atoms with Crippen LogP contribution in [0.3, 0.4) is 0 Å². The molecule has 17 heavy (non-hydrogen) atoms. The second-order valence-electron chi connectivity index (χ2n) is 4.98. The highest BCUT2D eigenvalue weighted by atomic mass is 35.5. The molecule has 1 saturated carbocycles. The standard InChI is InChI=1S/C12H18ClN3S/c13-11-8-17-12(15-11)16(10-4-5-10)7-9-3-1-2-6-14-9/h8-10,14H,1-7H2. The topological polar surface area (TPSA) is 28.2 Å². The summed E-state index contributed by atoms with van der Waals surface area (Å²) in [4.78, 5) is 6.88. The first kappa shape index (κ1) is 11.8. The van der Waals surface area contributed by atoms with E-state index in [1.807, 2.05) is 5.38 Å². The number of halogens is 1. The zero-order valence-corrected chi connectivity index (χ0v) is 11.4. The molecule has 2 fully saturated rings. The molecule has 1 saturated heterocycles. The molecule has 0 radical (unpaired) electrons. The average Bonchev–Trinajstić information content (AvgIpc) is 3.10. The van der Waals surface area contributed by atoms with E-state index in [0.717, 1.165) is 11.7 Å². The van der Waals surface area contributed by atoms with E-state index in [1.165, 1.54) is 38.6 Å². The molecule has 3 nitrogen and oxygen atoms in total. The van der Waals surface area contributed by atoms with Gasteiger partial charge in [-0.05, 0) is 32.2 Å². The summed E-state index contributed by atoms with van der Waals surface area (Å²) < 4.78 is 0. The summed E-state index contributed by atoms with van der Waals surface area (Å²) in [6, 6.07) is 1.34. The quantitative estimate of drug-likeness (QED) is 0.913. The molecule has 1 atom stereocenters. The van der Waals surface area contributed by atoms with Gasteiger partial charge in [-0.2, -0.15) is 0 Å². The van der Waals surface area contributed by atoms with E-state index in [1.54, 1.807) is 11.3 Å². The predicted molar refractivity (Wildman–Crippen MR) is 73.1 cm³/mol. The molecular formula is C12H18ClN3S. The highest BCUT2D eigenvalue weighted by Gasteiger charge is 2.32. The van der Waals surface area contributed by atoms with Crippen molar-refractivity contribution in [1.29, 1.82) is 0 Å². The fourth-order valence-electron chi connectivity index (χ4n) is 2.46. The molecule has 1 aliphatic carbocycles. The van der Waals surface area contributed by atoms with Gasteiger partial charge in [0, 0.05) is 24.0 Å². The van der Waals surface area contributed by atoms with Gasteiger partial charge in [0.2, 0.25) is 0 Å². The van der Waals surface area contributed by atoms with Crippen LogP contribution in [-0.2, 0) is 0 Å². The van der Waals surface area contributed by atoms with E-state index in [0.29, 0.717) is 17.2 Å². The Balaban J connectivity index is 1.67. The van der Waals surface area contributed by atoms with Gasteiger partial charge in [-0.25, -0.2) is 4.98 Å². The first-order valence-electron chi connectivity index (χ1n) is 6.44. The van der Waals surface area contributed by atoms with Crippen LogP contribution in [0.15, 0.2) is 5.38 Å². The number of nitrogens with zero attached hydrogens (tertiary/aromatic N) is 2. The van der Waals surface area contributed by atoms with E-state index in [2.05, 4.69) is 15.2 Å². The van der Waals surface area contributed by atoms with Crippen molar-refractivity contribution >= 4 is 28.1 Å². The van der Waals surface area contributed by atoms with Crippen molar-refractivity contribution in [1.82, 2.24) is 10.3 Å². The maximum atomic E-state index is 5.93. The maximum Gasteiger partial charge on any atom is 0.187 e. The van der Waals surface area contributed by atoms with Crippen molar-refractivity contribution in [3.8, 4) is 0 Å². The van der Waals surface area contributed by atoms with Crippen LogP contribution in [0.2, 0.25) is 5.15 Å². The number of nitrogens with one attached hydrogen (secondary N) is 1. The van der Waals surface area contributed by atoms with E-state index in [9.17, 15) is 0 Å². The number of anilines is 1. The van der Waals surface area contributed by atoms with E-state index >= 15 is 0 Å². The van der Waals surface area contributed by atoms with E-state index in [4.69, 9.17) is 11.6 Å². The lowest BCUT2D eigenvalue weighted by Crippen LogP contribution is -2.44. The predicted octanol–water partition coefficient (Wildman–Crippen LogP) is 2.91. The van der Waals surface area contributed by atoms with Crippen LogP contribution in [0.4, 0.5) is 5.13 Å². The van der Waals surface area contributed by atoms with Crippen LogP contribution in [0.1, 0.15) is 32.1 Å². The molecule has 0 spiro atoms. The van der Waals surface area contributed by atoms with Gasteiger partial charge in [0.25, 0.3) is 0 Å². The lowest BCUT2D eigenvalue weighted by molar-refractivity contribution is 0.398. The molecule has 5 heteroatoms. The summed E-state index contributed by atoms with van der Waals surface area (Å²) in [5, 5.41) is 7.28. The van der Waals surface area contributed by atoms with Crippen molar-refractivity contribution in [3.63, 3.8) is 0 Å². The highest BCUT2D eigenvalue weighted by molar-refractivity contribution is 7.14. The average molecular weight is 272 g/mol. The monoisotopic (exact) mass is 271 g/mol. The molecule has 0 aromatic carbocycles. The Morgan fingerprint density at radius 1 is 1.41 bits per heavy atom. The minimum atomic E-state index is 0.632. The molecular weight excluding hydrogens is 254 g/mol. The number of hydrogen-bond donors (Lipinski definition) is 1. The van der Waals surface area contributed by atoms with Crippen molar-refractivity contribution in [2.75, 3.05) is 18.0 Å². The van der Waals surface area contributed by atoms with E-state index < -0.39 is 0 Å². The molecule has 1 unspecified atom stereocenters. The normalized spacial score (nSPS) is 24.9. The van der Waals surface area contributed by atoms with E-state index in [-0.39, 0.29) is 0 Å². The molecule has 1 aromatic heterocycles. The summed E-state index contributed by atoms with van der Waals surface area (Å²) in [7, 11) is 0. The SMILES string of the molecule is Clc1csc(N(CC2CCCCN2)C2CC2)n1. The molecule has 94 valence electrons. The van der Waals surface area contributed by atoms with Gasteiger partial charge < -0.3 is 10.2 Å². The Labute approximate surface area is 111 Å². The van der Waals surface area contributed by atoms with Gasteiger partial charge in [0.05, 0.1) is 0 Å². The lowest BCUT2D eigenvalue weighted by Gasteiger charge is -2.30. The Kier molecular flexibility index (Phi) is 3.54. The third-order valence-corrected chi connectivity index (χ3v) is 4.73. The fourth-order valence-corrected chi connectivity index (χ4v) is 3.49. The van der Waals surface area contributed by atoms with Gasteiger partial charge in [0.15, 0.2) is 5.13 Å². The van der Waals surface area contributed by atoms with Gasteiger partial charge in [0.1, 0.15) is 5.15 Å². The molecule has 0 bridgehead atoms. The largest absolute Gasteiger partial charge is 0.344 e. The van der Waals surface area contributed by atoms with Crippen LogP contribution in [0.25, 0.3) is 0 Å². The van der Waals surface area contributed by atoms with Crippen LogP contribution in [0, 0.1) is 0 Å². The van der Waals surface area contributed by atoms with Crippen molar-refractivity contribution in [2.24, 2.45) is 0 Å². The third kappa shape index (κ3) is 2.92. The zero-order valence-electron chi connectivity index (χ0n) is 9.86. The van der Waals surface area contributed by atoms with Gasteiger partial charge in [-0.1, -0.05) is 18.0 Å². The van der Waals surface area contributed by atoms with Gasteiger partial charge in [-0.15, -0.1) is 11.3 Å². The molecule has 1 aliphatic heterocycles. The van der Waals surface area contributed by atoms with Crippen molar-refractivity contribution in [3.05, 3.63) is 10.5 Å². The molecule has 1 N–H and O–H groups in total. The van der Waals surface area contributed by atoms with Crippen LogP contribution >= 0.6 is 22.9 Å². The van der Waals surface area contributed by atoms with Crippen LogP contribution in [-0.4, -0.2) is 30.2 Å². The first-order valence-corrected chi connectivity index (χ1v) is 7.70. The zero-order chi connectivity index (χ0) is 11.7. The second-order valence-corrected chi connectivity index (χ2v) is 6.21. The van der Waals surface area contributed by atoms with Crippen molar-refractivity contribution in [2.45, 2.75) is 44.2 Å². The molecule has 2 heterocycles. The summed E-state index contributed by atoms with van der Waals surface area (Å²) >= 11 is 7.60. The third-order valence-electron chi connectivity index (χ3n) is 3.53. The minimum Gasteiger partial charge on any atom is -0.344 e. The smallest absolute Gasteiger partial charge is 0.187 e. The summed E-state index contributed by atoms with van der Waals surface area (Å²) in [6.07, 6.45) is 6.59. The number of rotatable bonds is 4. The Bertz CT molecular complexity index is 372. The number of hydrogen-bond acceptors (Lipinski definition) is 4. The van der Waals surface area contributed by atoms with Crippen molar-refractivity contribution < 1.29 is 0 Å². The maximum absolute atomic E-state index is 5.93. The first-order chi connectivity index (χ1) is 8.33. The molecule has 0 amide bonds. The number of piperidine rings is 1. The van der Waals surface area contributed by atoms with Crippen LogP contribution < -0.4 is 10.2 Å². The fraction of sp³-hybridized carbons (Fsp3) is 0.750. The summed E-state index contributed by atoms with van der Waals surface area (Å²) in [5.41, 5.74) is 0. The summed E-state index contributed by atoms with van der Waals surface area (Å²) in [6.45, 7) is 2.26. The van der Waals surface area contributed by atoms with Crippen LogP contribution in [0.5, 0.6) is 0 Å². The number of thiazole rings is 1. The minimum absolute atomic E-state index is 0.632.